The minimum absolute atomic E-state index is 0.0439. The van der Waals surface area contributed by atoms with Gasteiger partial charge in [0.05, 0.1) is 0 Å². The Morgan fingerprint density at radius 1 is 1.05 bits per heavy atom. The maximum absolute atomic E-state index is 12.2. The van der Waals surface area contributed by atoms with Crippen LogP contribution in [0.3, 0.4) is 0 Å². The number of hydrogen-bond acceptors (Lipinski definition) is 4. The lowest BCUT2D eigenvalue weighted by atomic mass is 10.0. The maximum Gasteiger partial charge on any atom is 0.326 e. The van der Waals surface area contributed by atoms with E-state index >= 15 is 0 Å². The van der Waals surface area contributed by atoms with Crippen molar-refractivity contribution in [2.24, 2.45) is 5.92 Å². The zero-order valence-electron chi connectivity index (χ0n) is 13.6. The van der Waals surface area contributed by atoms with E-state index in [-0.39, 0.29) is 30.4 Å². The molecular formula is C15H26N2O5. The summed E-state index contributed by atoms with van der Waals surface area (Å²) in [6.45, 7) is 6.80. The first-order chi connectivity index (χ1) is 10.2. The highest BCUT2D eigenvalue weighted by atomic mass is 16.4. The van der Waals surface area contributed by atoms with Gasteiger partial charge in [-0.05, 0) is 18.8 Å². The highest BCUT2D eigenvalue weighted by molar-refractivity contribution is 5.90. The Kier molecular flexibility index (Phi) is 9.05. The Balaban J connectivity index is 4.77. The number of carboxylic acids is 1. The molecule has 0 saturated carbocycles. The molecular weight excluding hydrogens is 288 g/mol. The van der Waals surface area contributed by atoms with Crippen LogP contribution in [0.1, 0.15) is 53.4 Å². The van der Waals surface area contributed by atoms with Crippen LogP contribution in [0, 0.1) is 5.92 Å². The van der Waals surface area contributed by atoms with Crippen LogP contribution in [0.5, 0.6) is 0 Å². The first kappa shape index (κ1) is 20.1. The third-order valence-electron chi connectivity index (χ3n) is 3.12. The molecule has 0 spiro atoms. The summed E-state index contributed by atoms with van der Waals surface area (Å²) in [6.07, 6.45) is 0.888. The van der Waals surface area contributed by atoms with Crippen LogP contribution in [0.15, 0.2) is 0 Å². The number of aliphatic carboxylic acids is 1. The van der Waals surface area contributed by atoms with Gasteiger partial charge in [0.2, 0.25) is 11.8 Å². The van der Waals surface area contributed by atoms with Crippen molar-refractivity contribution < 1.29 is 24.3 Å². The molecule has 0 aliphatic carbocycles. The summed E-state index contributed by atoms with van der Waals surface area (Å²) in [6, 6.07) is -1.91. The van der Waals surface area contributed by atoms with E-state index in [0.717, 1.165) is 0 Å². The van der Waals surface area contributed by atoms with Gasteiger partial charge in [-0.1, -0.05) is 20.8 Å². The summed E-state index contributed by atoms with van der Waals surface area (Å²) in [5.41, 5.74) is 0. The number of carboxylic acid groups (broad SMARTS) is 1. The normalized spacial score (nSPS) is 13.3. The van der Waals surface area contributed by atoms with Crippen molar-refractivity contribution in [2.75, 3.05) is 0 Å². The fourth-order valence-electron chi connectivity index (χ4n) is 1.96. The van der Waals surface area contributed by atoms with Crippen LogP contribution >= 0.6 is 0 Å². The molecule has 2 amide bonds. The van der Waals surface area contributed by atoms with Crippen molar-refractivity contribution in [3.8, 4) is 0 Å². The molecule has 0 fully saturated rings. The average molecular weight is 314 g/mol. The fraction of sp³-hybridized carbons (Fsp3) is 0.733. The molecule has 0 heterocycles. The molecule has 0 aliphatic heterocycles. The Bertz CT molecular complexity index is 420. The van der Waals surface area contributed by atoms with Gasteiger partial charge in [0, 0.05) is 19.8 Å². The Labute approximate surface area is 130 Å². The molecule has 0 rings (SSSR count). The molecule has 0 unspecified atom stereocenters. The van der Waals surface area contributed by atoms with E-state index in [9.17, 15) is 19.2 Å². The largest absolute Gasteiger partial charge is 0.480 e. The van der Waals surface area contributed by atoms with Crippen molar-refractivity contribution in [3.05, 3.63) is 0 Å². The first-order valence-corrected chi connectivity index (χ1v) is 7.49. The van der Waals surface area contributed by atoms with Gasteiger partial charge in [0.25, 0.3) is 0 Å². The number of carbonyl (C=O) groups excluding carboxylic acids is 3. The number of amides is 2. The lowest BCUT2D eigenvalue weighted by Crippen LogP contribution is -2.51. The molecule has 7 nitrogen and oxygen atoms in total. The number of Topliss-reactive ketones (excluding diaryl/α,β-unsaturated/α-hetero) is 1. The van der Waals surface area contributed by atoms with Gasteiger partial charge in [0.15, 0.2) is 0 Å². The molecule has 22 heavy (non-hydrogen) atoms. The van der Waals surface area contributed by atoms with E-state index < -0.39 is 24.0 Å². The van der Waals surface area contributed by atoms with Gasteiger partial charge in [-0.25, -0.2) is 4.79 Å². The van der Waals surface area contributed by atoms with Crippen molar-refractivity contribution in [3.63, 3.8) is 0 Å². The standard InChI is InChI=1S/C15H26N2O5/c1-5-11(19)6-7-12(15(21)22)17-14(20)13(8-9(2)3)16-10(4)18/h9,12-13H,5-8H2,1-4H3,(H,16,18)(H,17,20)(H,21,22)/t12-,13-/m0/s1. The molecule has 0 aromatic carbocycles. The summed E-state index contributed by atoms with van der Waals surface area (Å²) in [5.74, 6) is -1.98. The van der Waals surface area contributed by atoms with Gasteiger partial charge in [-0.2, -0.15) is 0 Å². The van der Waals surface area contributed by atoms with Crippen LogP contribution < -0.4 is 10.6 Å². The Morgan fingerprint density at radius 2 is 1.64 bits per heavy atom. The second kappa shape index (κ2) is 9.92. The minimum Gasteiger partial charge on any atom is -0.480 e. The average Bonchev–Trinajstić information content (AvgIpc) is 2.40. The maximum atomic E-state index is 12.2. The van der Waals surface area contributed by atoms with Crippen LogP contribution in [-0.4, -0.2) is 40.8 Å². The second-order valence-electron chi connectivity index (χ2n) is 5.71. The van der Waals surface area contributed by atoms with Crippen molar-refractivity contribution in [1.82, 2.24) is 10.6 Å². The quantitative estimate of drug-likeness (QED) is 0.554. The molecule has 2 atom stereocenters. The second-order valence-corrected chi connectivity index (χ2v) is 5.71. The molecule has 0 aliphatic rings. The van der Waals surface area contributed by atoms with E-state index in [1.54, 1.807) is 6.92 Å². The monoisotopic (exact) mass is 314 g/mol. The van der Waals surface area contributed by atoms with E-state index in [2.05, 4.69) is 10.6 Å². The van der Waals surface area contributed by atoms with E-state index in [1.165, 1.54) is 6.92 Å². The van der Waals surface area contributed by atoms with Gasteiger partial charge >= 0.3 is 5.97 Å². The van der Waals surface area contributed by atoms with Crippen molar-refractivity contribution in [2.45, 2.75) is 65.5 Å². The Hall–Kier alpha value is -1.92. The zero-order chi connectivity index (χ0) is 17.3. The molecule has 0 saturated heterocycles. The number of carbonyl (C=O) groups is 4. The number of ketones is 1. The van der Waals surface area contributed by atoms with Gasteiger partial charge < -0.3 is 15.7 Å². The summed E-state index contributed by atoms with van der Waals surface area (Å²) in [7, 11) is 0. The molecule has 7 heteroatoms. The van der Waals surface area contributed by atoms with E-state index in [1.807, 2.05) is 13.8 Å². The summed E-state index contributed by atoms with van der Waals surface area (Å²) in [4.78, 5) is 45.8. The fourth-order valence-corrected chi connectivity index (χ4v) is 1.96. The van der Waals surface area contributed by atoms with Crippen LogP contribution in [0.25, 0.3) is 0 Å². The third-order valence-corrected chi connectivity index (χ3v) is 3.12. The van der Waals surface area contributed by atoms with Gasteiger partial charge in [0.1, 0.15) is 17.9 Å². The van der Waals surface area contributed by atoms with Crippen LogP contribution in [0.2, 0.25) is 0 Å². The lowest BCUT2D eigenvalue weighted by Gasteiger charge is -2.22. The SMILES string of the molecule is CCC(=O)CC[C@H](NC(=O)[C@H](CC(C)C)NC(C)=O)C(=O)O. The summed E-state index contributed by atoms with van der Waals surface area (Å²) in [5, 5.41) is 14.1. The number of rotatable bonds is 10. The van der Waals surface area contributed by atoms with E-state index in [4.69, 9.17) is 5.11 Å². The first-order valence-electron chi connectivity index (χ1n) is 7.49. The highest BCUT2D eigenvalue weighted by Crippen LogP contribution is 2.07. The predicted molar refractivity (Wildman–Crippen MR) is 81.2 cm³/mol. The minimum atomic E-state index is -1.19. The zero-order valence-corrected chi connectivity index (χ0v) is 13.6. The molecule has 126 valence electrons. The van der Waals surface area contributed by atoms with Crippen LogP contribution in [0.4, 0.5) is 0 Å². The summed E-state index contributed by atoms with van der Waals surface area (Å²) < 4.78 is 0. The van der Waals surface area contributed by atoms with Crippen LogP contribution in [-0.2, 0) is 19.2 Å². The molecule has 0 aromatic heterocycles. The van der Waals surface area contributed by atoms with Crippen molar-refractivity contribution >= 4 is 23.6 Å². The predicted octanol–water partition coefficient (Wildman–Crippen LogP) is 0.866. The third kappa shape index (κ3) is 8.39. The smallest absolute Gasteiger partial charge is 0.326 e. The summed E-state index contributed by atoms with van der Waals surface area (Å²) >= 11 is 0. The van der Waals surface area contributed by atoms with Crippen molar-refractivity contribution in [1.29, 1.82) is 0 Å². The molecule has 0 aromatic rings. The lowest BCUT2D eigenvalue weighted by molar-refractivity contribution is -0.142. The Morgan fingerprint density at radius 3 is 2.05 bits per heavy atom. The molecule has 3 N–H and O–H groups in total. The van der Waals surface area contributed by atoms with E-state index in [0.29, 0.717) is 12.8 Å². The number of nitrogens with one attached hydrogen (secondary N) is 2. The number of hydrogen-bond donors (Lipinski definition) is 3. The molecule has 0 radical (unpaired) electrons. The highest BCUT2D eigenvalue weighted by Gasteiger charge is 2.26. The molecule has 0 bridgehead atoms. The topological polar surface area (TPSA) is 113 Å². The van der Waals surface area contributed by atoms with Gasteiger partial charge in [-0.3, -0.25) is 14.4 Å². The van der Waals surface area contributed by atoms with Gasteiger partial charge in [-0.15, -0.1) is 0 Å².